The van der Waals surface area contributed by atoms with E-state index in [4.69, 9.17) is 33.2 Å². The number of rotatable bonds is 8. The first-order valence-corrected chi connectivity index (χ1v) is 7.96. The molecule has 1 rings (SSSR count). The lowest BCUT2D eigenvalue weighted by molar-refractivity contribution is -0.315. The van der Waals surface area contributed by atoms with Gasteiger partial charge in [0.15, 0.2) is 18.5 Å². The molecule has 0 amide bonds. The fourth-order valence-corrected chi connectivity index (χ4v) is 2.79. The number of hydrogen-bond acceptors (Lipinski definition) is 10. The molecule has 10 heteroatoms. The van der Waals surface area contributed by atoms with Crippen molar-refractivity contribution < 1.29 is 47.5 Å². The summed E-state index contributed by atoms with van der Waals surface area (Å²) in [5.41, 5.74) is 0. The largest absolute Gasteiger partial charge is 0.462 e. The first kappa shape index (κ1) is 22.3. The minimum atomic E-state index is -1.00. The quantitative estimate of drug-likeness (QED) is 0.416. The normalized spacial score (nSPS) is 29.5. The molecule has 0 aliphatic carbocycles. The molecule has 6 atom stereocenters. The zero-order valence-electron chi connectivity index (χ0n) is 15.8. The Hall–Kier alpha value is -1.75. The lowest BCUT2D eigenvalue weighted by atomic mass is 9.94. The summed E-state index contributed by atoms with van der Waals surface area (Å²) >= 11 is 0. The molecular formula is C16H26O10. The third-order valence-corrected chi connectivity index (χ3v) is 3.74. The van der Waals surface area contributed by atoms with Gasteiger partial charge < -0.3 is 33.2 Å². The molecule has 0 aromatic heterocycles. The molecule has 0 bridgehead atoms. The molecule has 26 heavy (non-hydrogen) atoms. The van der Waals surface area contributed by atoms with E-state index in [-0.39, 0.29) is 6.61 Å². The Kier molecular flexibility index (Phi) is 8.93. The molecule has 0 aromatic carbocycles. The Balaban J connectivity index is 3.14. The lowest BCUT2D eigenvalue weighted by Crippen LogP contribution is -2.64. The zero-order valence-corrected chi connectivity index (χ0v) is 15.8. The molecule has 0 N–H and O–H groups in total. The molecule has 1 aliphatic heterocycles. The van der Waals surface area contributed by atoms with Crippen LogP contribution in [0.3, 0.4) is 0 Å². The van der Waals surface area contributed by atoms with Crippen molar-refractivity contribution in [3.63, 3.8) is 0 Å². The van der Waals surface area contributed by atoms with Gasteiger partial charge in [-0.25, -0.2) is 0 Å². The van der Waals surface area contributed by atoms with Crippen LogP contribution in [0.1, 0.15) is 20.8 Å². The monoisotopic (exact) mass is 378 g/mol. The average molecular weight is 378 g/mol. The van der Waals surface area contributed by atoms with Gasteiger partial charge in [0.2, 0.25) is 0 Å². The molecule has 1 unspecified atom stereocenters. The van der Waals surface area contributed by atoms with Crippen molar-refractivity contribution in [1.82, 2.24) is 0 Å². The molecule has 1 saturated heterocycles. The van der Waals surface area contributed by atoms with E-state index in [1.165, 1.54) is 42.1 Å². The Bertz CT molecular complexity index is 493. The van der Waals surface area contributed by atoms with Crippen molar-refractivity contribution in [1.29, 1.82) is 0 Å². The van der Waals surface area contributed by atoms with Crippen molar-refractivity contribution in [3.05, 3.63) is 0 Å². The zero-order chi connectivity index (χ0) is 19.9. The van der Waals surface area contributed by atoms with Crippen LogP contribution in [0.4, 0.5) is 0 Å². The summed E-state index contributed by atoms with van der Waals surface area (Å²) in [5, 5.41) is 0. The number of esters is 3. The summed E-state index contributed by atoms with van der Waals surface area (Å²) in [6.07, 6.45) is -5.36. The molecule has 0 aromatic rings. The van der Waals surface area contributed by atoms with Crippen LogP contribution in [0.25, 0.3) is 0 Å². The molecular weight excluding hydrogens is 352 g/mol. The van der Waals surface area contributed by atoms with Crippen LogP contribution in [0, 0.1) is 0 Å². The molecule has 150 valence electrons. The molecule has 1 fully saturated rings. The summed E-state index contributed by atoms with van der Waals surface area (Å²) in [7, 11) is 4.18. The number of ether oxygens (including phenoxy) is 7. The molecule has 0 spiro atoms. The molecule has 1 aliphatic rings. The van der Waals surface area contributed by atoms with Gasteiger partial charge in [-0.1, -0.05) is 0 Å². The van der Waals surface area contributed by atoms with Crippen LogP contribution in [0.5, 0.6) is 0 Å². The van der Waals surface area contributed by atoms with Crippen molar-refractivity contribution in [2.24, 2.45) is 0 Å². The number of hydrogen-bond donors (Lipinski definition) is 0. The third kappa shape index (κ3) is 5.90. The second-order valence-corrected chi connectivity index (χ2v) is 5.63. The van der Waals surface area contributed by atoms with Gasteiger partial charge in [0.1, 0.15) is 24.9 Å². The smallest absolute Gasteiger partial charge is 0.303 e. The van der Waals surface area contributed by atoms with Crippen LogP contribution in [0.2, 0.25) is 0 Å². The fraction of sp³-hybridized carbons (Fsp3) is 0.812. The van der Waals surface area contributed by atoms with E-state index in [2.05, 4.69) is 0 Å². The first-order chi connectivity index (χ1) is 12.2. The number of carbonyl (C=O) groups is 3. The second-order valence-electron chi connectivity index (χ2n) is 5.63. The van der Waals surface area contributed by atoms with Gasteiger partial charge in [-0.2, -0.15) is 0 Å². The van der Waals surface area contributed by atoms with E-state index in [0.717, 1.165) is 0 Å². The second kappa shape index (κ2) is 10.4. The molecule has 1 heterocycles. The standard InChI is InChI=1S/C16H26O10/c1-8(17)23-7-11(24-9(2)18)12-13(20-4)14(21-5)15(25-10(3)19)16(22-6)26-12/h11-16H,7H2,1-6H3/t11-,12-,13-,14+,15-,16?/m1/s1. The van der Waals surface area contributed by atoms with Gasteiger partial charge in [0, 0.05) is 42.1 Å². The van der Waals surface area contributed by atoms with Crippen LogP contribution in [0.15, 0.2) is 0 Å². The van der Waals surface area contributed by atoms with Crippen LogP contribution < -0.4 is 0 Å². The highest BCUT2D eigenvalue weighted by Gasteiger charge is 2.52. The highest BCUT2D eigenvalue weighted by Crippen LogP contribution is 2.30. The van der Waals surface area contributed by atoms with Crippen LogP contribution in [-0.4, -0.2) is 82.7 Å². The minimum Gasteiger partial charge on any atom is -0.462 e. The van der Waals surface area contributed by atoms with Gasteiger partial charge in [0.05, 0.1) is 0 Å². The van der Waals surface area contributed by atoms with Gasteiger partial charge in [-0.15, -0.1) is 0 Å². The maximum absolute atomic E-state index is 11.5. The van der Waals surface area contributed by atoms with Gasteiger partial charge in [0.25, 0.3) is 0 Å². The predicted molar refractivity (Wildman–Crippen MR) is 85.0 cm³/mol. The van der Waals surface area contributed by atoms with Crippen molar-refractivity contribution >= 4 is 17.9 Å². The first-order valence-electron chi connectivity index (χ1n) is 7.96. The van der Waals surface area contributed by atoms with E-state index in [1.54, 1.807) is 0 Å². The Morgan fingerprint density at radius 3 is 1.88 bits per heavy atom. The number of methoxy groups -OCH3 is 3. The Labute approximate surface area is 151 Å². The van der Waals surface area contributed by atoms with Crippen LogP contribution >= 0.6 is 0 Å². The van der Waals surface area contributed by atoms with Gasteiger partial charge in [-0.3, -0.25) is 14.4 Å². The third-order valence-electron chi connectivity index (χ3n) is 3.74. The van der Waals surface area contributed by atoms with Crippen molar-refractivity contribution in [2.75, 3.05) is 27.9 Å². The number of carbonyl (C=O) groups excluding carboxylic acids is 3. The van der Waals surface area contributed by atoms with E-state index in [9.17, 15) is 14.4 Å². The maximum atomic E-state index is 11.5. The Morgan fingerprint density at radius 1 is 0.846 bits per heavy atom. The van der Waals surface area contributed by atoms with Crippen molar-refractivity contribution in [3.8, 4) is 0 Å². The van der Waals surface area contributed by atoms with Crippen molar-refractivity contribution in [2.45, 2.75) is 57.6 Å². The summed E-state index contributed by atoms with van der Waals surface area (Å²) < 4.78 is 37.4. The summed E-state index contributed by atoms with van der Waals surface area (Å²) in [5.74, 6) is -1.69. The van der Waals surface area contributed by atoms with Gasteiger partial charge >= 0.3 is 17.9 Å². The van der Waals surface area contributed by atoms with E-state index in [0.29, 0.717) is 0 Å². The van der Waals surface area contributed by atoms with E-state index in [1.807, 2.05) is 0 Å². The summed E-state index contributed by atoms with van der Waals surface area (Å²) in [6.45, 7) is 3.45. The van der Waals surface area contributed by atoms with E-state index < -0.39 is 54.7 Å². The molecule has 0 saturated carbocycles. The average Bonchev–Trinajstić information content (AvgIpc) is 2.56. The Morgan fingerprint density at radius 2 is 1.46 bits per heavy atom. The summed E-state index contributed by atoms with van der Waals surface area (Å²) in [6, 6.07) is 0. The van der Waals surface area contributed by atoms with Gasteiger partial charge in [-0.05, 0) is 0 Å². The molecule has 0 radical (unpaired) electrons. The molecule has 10 nitrogen and oxygen atoms in total. The van der Waals surface area contributed by atoms with Crippen LogP contribution in [-0.2, 0) is 47.5 Å². The van der Waals surface area contributed by atoms with E-state index >= 15 is 0 Å². The lowest BCUT2D eigenvalue weighted by Gasteiger charge is -2.45. The highest BCUT2D eigenvalue weighted by atomic mass is 16.7. The highest BCUT2D eigenvalue weighted by molar-refractivity contribution is 5.67. The fourth-order valence-electron chi connectivity index (χ4n) is 2.79. The topological polar surface area (TPSA) is 116 Å². The predicted octanol–water partition coefficient (Wildman–Crippen LogP) is -0.186. The minimum absolute atomic E-state index is 0.245. The maximum Gasteiger partial charge on any atom is 0.303 e. The summed E-state index contributed by atoms with van der Waals surface area (Å²) in [4.78, 5) is 34.0. The SMILES string of the molecule is COC1O[C@H]([C@@H](COC(C)=O)OC(C)=O)[C@@H](OC)[C@H](OC)[C@H]1OC(C)=O.